The van der Waals surface area contributed by atoms with Crippen LogP contribution >= 0.6 is 15.9 Å². The summed E-state index contributed by atoms with van der Waals surface area (Å²) in [7, 11) is 0. The number of halogens is 1. The van der Waals surface area contributed by atoms with Crippen molar-refractivity contribution in [1.29, 1.82) is 0 Å². The van der Waals surface area contributed by atoms with Gasteiger partial charge in [0, 0.05) is 24.2 Å². The number of benzene rings is 1. The molecular weight excluding hydrogens is 284 g/mol. The fourth-order valence-corrected chi connectivity index (χ4v) is 1.76. The van der Waals surface area contributed by atoms with Crippen molar-refractivity contribution < 1.29 is 9.90 Å². The van der Waals surface area contributed by atoms with Gasteiger partial charge in [0.1, 0.15) is 0 Å². The highest BCUT2D eigenvalue weighted by atomic mass is 79.9. The van der Waals surface area contributed by atoms with Crippen molar-refractivity contribution in [2.45, 2.75) is 19.9 Å². The molecular formula is C12H17BrN2O2. The maximum Gasteiger partial charge on any atom is 0.315 e. The molecule has 17 heavy (non-hydrogen) atoms. The summed E-state index contributed by atoms with van der Waals surface area (Å²) in [5.74, 6) is 0. The number of urea groups is 1. The highest BCUT2D eigenvalue weighted by Gasteiger charge is 2.02. The summed E-state index contributed by atoms with van der Waals surface area (Å²) in [5, 5.41) is 14.0. The Morgan fingerprint density at radius 2 is 2.18 bits per heavy atom. The van der Waals surface area contributed by atoms with Crippen LogP contribution in [0.1, 0.15) is 17.5 Å². The maximum atomic E-state index is 11.4. The Hall–Kier alpha value is -1.07. The summed E-state index contributed by atoms with van der Waals surface area (Å²) in [6.45, 7) is 3.08. The lowest BCUT2D eigenvalue weighted by atomic mass is 10.1. The lowest BCUT2D eigenvalue weighted by Gasteiger charge is -2.09. The number of amides is 2. The lowest BCUT2D eigenvalue weighted by Crippen LogP contribution is -2.35. The topological polar surface area (TPSA) is 61.4 Å². The Morgan fingerprint density at radius 3 is 2.88 bits per heavy atom. The van der Waals surface area contributed by atoms with Crippen LogP contribution in [-0.4, -0.2) is 24.3 Å². The second-order valence-electron chi connectivity index (χ2n) is 3.76. The average molecular weight is 301 g/mol. The van der Waals surface area contributed by atoms with Crippen LogP contribution in [0, 0.1) is 6.92 Å². The van der Waals surface area contributed by atoms with Gasteiger partial charge in [0.25, 0.3) is 0 Å². The summed E-state index contributed by atoms with van der Waals surface area (Å²) in [6, 6.07) is 5.76. The Labute approximate surface area is 110 Å². The molecule has 0 bridgehead atoms. The van der Waals surface area contributed by atoms with E-state index < -0.39 is 0 Å². The summed E-state index contributed by atoms with van der Waals surface area (Å²) in [6.07, 6.45) is 0.573. The first-order valence-electron chi connectivity index (χ1n) is 5.51. The largest absolute Gasteiger partial charge is 0.396 e. The first kappa shape index (κ1) is 14.0. The van der Waals surface area contributed by atoms with Crippen molar-refractivity contribution in [2.75, 3.05) is 13.2 Å². The Bertz CT molecular complexity index is 383. The molecule has 0 radical (unpaired) electrons. The van der Waals surface area contributed by atoms with E-state index in [1.165, 1.54) is 0 Å². The molecule has 0 aliphatic rings. The summed E-state index contributed by atoms with van der Waals surface area (Å²) in [5.41, 5.74) is 2.22. The van der Waals surface area contributed by atoms with E-state index in [4.69, 9.17) is 5.11 Å². The summed E-state index contributed by atoms with van der Waals surface area (Å²) < 4.78 is 1.00. The van der Waals surface area contributed by atoms with Crippen molar-refractivity contribution in [3.63, 3.8) is 0 Å². The molecule has 0 fully saturated rings. The van der Waals surface area contributed by atoms with E-state index in [0.29, 0.717) is 19.5 Å². The van der Waals surface area contributed by atoms with Gasteiger partial charge in [0.15, 0.2) is 0 Å². The van der Waals surface area contributed by atoms with Gasteiger partial charge >= 0.3 is 6.03 Å². The van der Waals surface area contributed by atoms with E-state index in [9.17, 15) is 4.79 Å². The minimum Gasteiger partial charge on any atom is -0.396 e. The van der Waals surface area contributed by atoms with Crippen molar-refractivity contribution in [3.8, 4) is 0 Å². The van der Waals surface area contributed by atoms with Gasteiger partial charge in [0.05, 0.1) is 0 Å². The van der Waals surface area contributed by atoms with Gasteiger partial charge in [-0.2, -0.15) is 0 Å². The van der Waals surface area contributed by atoms with Crippen molar-refractivity contribution in [3.05, 3.63) is 33.8 Å². The van der Waals surface area contributed by atoms with Crippen LogP contribution in [0.25, 0.3) is 0 Å². The van der Waals surface area contributed by atoms with E-state index in [1.54, 1.807) is 0 Å². The van der Waals surface area contributed by atoms with Crippen LogP contribution in [0.3, 0.4) is 0 Å². The number of aryl methyl sites for hydroxylation is 1. The number of carbonyl (C=O) groups excluding carboxylic acids is 1. The van der Waals surface area contributed by atoms with Crippen molar-refractivity contribution >= 4 is 22.0 Å². The molecule has 2 amide bonds. The molecule has 5 heteroatoms. The third-order valence-electron chi connectivity index (χ3n) is 2.37. The molecule has 0 heterocycles. The molecule has 0 saturated carbocycles. The van der Waals surface area contributed by atoms with Crippen LogP contribution in [0.2, 0.25) is 0 Å². The van der Waals surface area contributed by atoms with Crippen LogP contribution in [0.5, 0.6) is 0 Å². The smallest absolute Gasteiger partial charge is 0.315 e. The maximum absolute atomic E-state index is 11.4. The SMILES string of the molecule is Cc1ccc(Br)cc1CNC(=O)NCCCO. The minimum absolute atomic E-state index is 0.0883. The third kappa shape index (κ3) is 5.19. The van der Waals surface area contributed by atoms with Gasteiger partial charge < -0.3 is 15.7 Å². The molecule has 3 N–H and O–H groups in total. The van der Waals surface area contributed by atoms with E-state index in [0.717, 1.165) is 15.6 Å². The monoisotopic (exact) mass is 300 g/mol. The molecule has 0 unspecified atom stereocenters. The molecule has 0 aromatic heterocycles. The molecule has 4 nitrogen and oxygen atoms in total. The van der Waals surface area contributed by atoms with E-state index in [1.807, 2.05) is 25.1 Å². The second kappa shape index (κ2) is 7.29. The van der Waals surface area contributed by atoms with Crippen molar-refractivity contribution in [2.24, 2.45) is 0 Å². The van der Waals surface area contributed by atoms with Gasteiger partial charge in [-0.15, -0.1) is 0 Å². The molecule has 0 saturated heterocycles. The predicted molar refractivity (Wildman–Crippen MR) is 70.8 cm³/mol. The van der Waals surface area contributed by atoms with E-state index in [-0.39, 0.29) is 12.6 Å². The molecule has 1 rings (SSSR count). The number of carbonyl (C=O) groups is 1. The molecule has 94 valence electrons. The fraction of sp³-hybridized carbons (Fsp3) is 0.417. The first-order valence-corrected chi connectivity index (χ1v) is 6.30. The van der Waals surface area contributed by atoms with Gasteiger partial charge in [-0.05, 0) is 36.6 Å². The zero-order chi connectivity index (χ0) is 12.7. The predicted octanol–water partition coefficient (Wildman–Crippen LogP) is 1.94. The number of aliphatic hydroxyl groups is 1. The molecule has 0 aliphatic carbocycles. The molecule has 1 aromatic rings. The van der Waals surface area contributed by atoms with Crippen molar-refractivity contribution in [1.82, 2.24) is 10.6 Å². The lowest BCUT2D eigenvalue weighted by molar-refractivity contribution is 0.237. The molecule has 0 aliphatic heterocycles. The molecule has 1 aromatic carbocycles. The van der Waals surface area contributed by atoms with Crippen LogP contribution in [0.4, 0.5) is 4.79 Å². The van der Waals surface area contributed by atoms with Crippen LogP contribution in [0.15, 0.2) is 22.7 Å². The average Bonchev–Trinajstić information content (AvgIpc) is 2.31. The summed E-state index contributed by atoms with van der Waals surface area (Å²) >= 11 is 3.40. The Morgan fingerprint density at radius 1 is 1.41 bits per heavy atom. The van der Waals surface area contributed by atoms with E-state index >= 15 is 0 Å². The number of rotatable bonds is 5. The van der Waals surface area contributed by atoms with Gasteiger partial charge in [0.2, 0.25) is 0 Å². The Balaban J connectivity index is 2.39. The normalized spacial score (nSPS) is 10.1. The number of hydrogen-bond donors (Lipinski definition) is 3. The Kier molecular flexibility index (Phi) is 6.00. The standard InChI is InChI=1S/C12H17BrN2O2/c1-9-3-4-11(13)7-10(9)8-15-12(17)14-5-2-6-16/h3-4,7,16H,2,5-6,8H2,1H3,(H2,14,15,17). The third-order valence-corrected chi connectivity index (χ3v) is 2.86. The number of hydrogen-bond acceptors (Lipinski definition) is 2. The van der Waals surface area contributed by atoms with Crippen LogP contribution in [-0.2, 0) is 6.54 Å². The van der Waals surface area contributed by atoms with Gasteiger partial charge in [-0.3, -0.25) is 0 Å². The molecule has 0 atom stereocenters. The highest BCUT2D eigenvalue weighted by molar-refractivity contribution is 9.10. The van der Waals surface area contributed by atoms with E-state index in [2.05, 4.69) is 26.6 Å². The zero-order valence-electron chi connectivity index (χ0n) is 9.79. The highest BCUT2D eigenvalue weighted by Crippen LogP contribution is 2.15. The van der Waals surface area contributed by atoms with Crippen LogP contribution < -0.4 is 10.6 Å². The quantitative estimate of drug-likeness (QED) is 0.728. The summed E-state index contributed by atoms with van der Waals surface area (Å²) in [4.78, 5) is 11.4. The fourth-order valence-electron chi connectivity index (χ4n) is 1.35. The van der Waals surface area contributed by atoms with Gasteiger partial charge in [-0.1, -0.05) is 22.0 Å². The number of aliphatic hydroxyl groups excluding tert-OH is 1. The van der Waals surface area contributed by atoms with Gasteiger partial charge in [-0.25, -0.2) is 4.79 Å². The zero-order valence-corrected chi connectivity index (χ0v) is 11.4. The minimum atomic E-state index is -0.210. The first-order chi connectivity index (χ1) is 8.13. The number of nitrogens with one attached hydrogen (secondary N) is 2. The second-order valence-corrected chi connectivity index (χ2v) is 4.67. The molecule has 0 spiro atoms.